The third-order valence-electron chi connectivity index (χ3n) is 2.08. The van der Waals surface area contributed by atoms with Crippen LogP contribution in [0.25, 0.3) is 10.8 Å². The van der Waals surface area contributed by atoms with Gasteiger partial charge in [-0.05, 0) is 22.9 Å². The van der Waals surface area contributed by atoms with Crippen molar-refractivity contribution < 1.29 is 53.9 Å². The first-order valence-corrected chi connectivity index (χ1v) is 4.62. The van der Waals surface area contributed by atoms with Crippen molar-refractivity contribution in [2.45, 2.75) is 0 Å². The molecule has 2 aromatic rings. The van der Waals surface area contributed by atoms with E-state index in [4.69, 9.17) is 9.84 Å². The fourth-order valence-electron chi connectivity index (χ4n) is 1.42. The molecule has 1 N–H and O–H groups in total. The van der Waals surface area contributed by atoms with Crippen LogP contribution in [-0.2, 0) is 0 Å². The van der Waals surface area contributed by atoms with E-state index in [1.54, 1.807) is 0 Å². The maximum Gasteiger partial charge on any atom is 0.120 e. The molecule has 0 spiro atoms. The standard InChI is InChI=1S/C12H12O2.Ac/c13-7-8-14-12-6-5-10-3-1-2-4-11(10)9-12;/h1-6,9,13H,7-8H2;. The molecular weight excluding hydrogens is 403 g/mol. The van der Waals surface area contributed by atoms with Crippen molar-refractivity contribution in [2.75, 3.05) is 13.2 Å². The normalized spacial score (nSPS) is 9.67. The van der Waals surface area contributed by atoms with Crippen molar-refractivity contribution in [1.29, 1.82) is 0 Å². The fourth-order valence-corrected chi connectivity index (χ4v) is 1.42. The van der Waals surface area contributed by atoms with Crippen LogP contribution in [0.3, 0.4) is 0 Å². The van der Waals surface area contributed by atoms with Gasteiger partial charge in [-0.15, -0.1) is 0 Å². The van der Waals surface area contributed by atoms with Crippen LogP contribution in [0.15, 0.2) is 42.5 Å². The van der Waals surface area contributed by atoms with E-state index in [-0.39, 0.29) is 50.7 Å². The summed E-state index contributed by atoms with van der Waals surface area (Å²) in [6.45, 7) is 0.394. The molecule has 0 saturated carbocycles. The Morgan fingerprint density at radius 1 is 1.00 bits per heavy atom. The van der Waals surface area contributed by atoms with E-state index in [9.17, 15) is 0 Å². The van der Waals surface area contributed by atoms with E-state index < -0.39 is 0 Å². The summed E-state index contributed by atoms with van der Waals surface area (Å²) in [6, 6.07) is 14.0. The number of fused-ring (bicyclic) bond motifs is 1. The second-order valence-electron chi connectivity index (χ2n) is 3.08. The van der Waals surface area contributed by atoms with Crippen molar-refractivity contribution in [3.05, 3.63) is 42.5 Å². The molecule has 2 rings (SSSR count). The van der Waals surface area contributed by atoms with E-state index >= 15 is 0 Å². The van der Waals surface area contributed by atoms with Gasteiger partial charge in [0, 0.05) is 44.1 Å². The molecule has 0 aliphatic heterocycles. The predicted molar refractivity (Wildman–Crippen MR) is 56.5 cm³/mol. The Balaban J connectivity index is 0.00000112. The van der Waals surface area contributed by atoms with Gasteiger partial charge in [-0.2, -0.15) is 0 Å². The van der Waals surface area contributed by atoms with Crippen molar-refractivity contribution in [2.24, 2.45) is 0 Å². The number of ether oxygens (including phenoxy) is 1. The number of benzene rings is 2. The summed E-state index contributed by atoms with van der Waals surface area (Å²) in [5.74, 6) is 0.803. The van der Waals surface area contributed by atoms with E-state index in [0.717, 1.165) is 11.1 Å². The summed E-state index contributed by atoms with van der Waals surface area (Å²) in [6.07, 6.45) is 0. The minimum Gasteiger partial charge on any atom is -0.491 e. The molecule has 0 unspecified atom stereocenters. The average molecular weight is 415 g/mol. The van der Waals surface area contributed by atoms with Crippen LogP contribution < -0.4 is 4.74 Å². The predicted octanol–water partition coefficient (Wildman–Crippen LogP) is 2.21. The van der Waals surface area contributed by atoms with Gasteiger partial charge in [0.2, 0.25) is 0 Å². The third-order valence-corrected chi connectivity index (χ3v) is 2.08. The maximum atomic E-state index is 8.62. The van der Waals surface area contributed by atoms with Crippen LogP contribution in [0.5, 0.6) is 5.75 Å². The van der Waals surface area contributed by atoms with Crippen LogP contribution in [-0.4, -0.2) is 18.3 Å². The first-order valence-electron chi connectivity index (χ1n) is 4.62. The molecular formula is C12H12AcO2. The van der Waals surface area contributed by atoms with Gasteiger partial charge in [0.1, 0.15) is 12.4 Å². The van der Waals surface area contributed by atoms with Crippen molar-refractivity contribution in [3.8, 4) is 5.75 Å². The molecule has 0 aromatic heterocycles. The molecule has 3 heteroatoms. The van der Waals surface area contributed by atoms with Gasteiger partial charge < -0.3 is 9.84 Å². The summed E-state index contributed by atoms with van der Waals surface area (Å²) < 4.78 is 5.31. The zero-order valence-corrected chi connectivity index (χ0v) is 13.1. The summed E-state index contributed by atoms with van der Waals surface area (Å²) >= 11 is 0. The van der Waals surface area contributed by atoms with E-state index in [1.807, 2.05) is 36.4 Å². The zero-order valence-electron chi connectivity index (χ0n) is 8.39. The molecule has 1 radical (unpaired) electrons. The van der Waals surface area contributed by atoms with Gasteiger partial charge in [-0.3, -0.25) is 0 Å². The molecule has 2 nitrogen and oxygen atoms in total. The fraction of sp³-hybridized carbons (Fsp3) is 0.167. The Bertz CT molecular complexity index is 429. The Labute approximate surface area is 125 Å². The quantitative estimate of drug-likeness (QED) is 0.834. The molecule has 0 fully saturated rings. The molecule has 0 aliphatic carbocycles. The topological polar surface area (TPSA) is 29.5 Å². The van der Waals surface area contributed by atoms with Gasteiger partial charge in [-0.1, -0.05) is 30.3 Å². The van der Waals surface area contributed by atoms with E-state index in [0.29, 0.717) is 6.61 Å². The molecule has 0 amide bonds. The number of aliphatic hydroxyl groups excluding tert-OH is 1. The molecule has 15 heavy (non-hydrogen) atoms. The molecule has 0 heterocycles. The van der Waals surface area contributed by atoms with Crippen molar-refractivity contribution in [3.63, 3.8) is 0 Å². The Morgan fingerprint density at radius 3 is 2.47 bits per heavy atom. The second kappa shape index (κ2) is 6.48. The number of hydrogen-bond acceptors (Lipinski definition) is 2. The smallest absolute Gasteiger partial charge is 0.120 e. The molecule has 0 aliphatic rings. The molecule has 2 aromatic carbocycles. The summed E-state index contributed by atoms with van der Waals surface area (Å²) in [5.41, 5.74) is 0. The zero-order chi connectivity index (χ0) is 9.80. The monoisotopic (exact) mass is 415 g/mol. The van der Waals surface area contributed by atoms with Crippen LogP contribution in [0.2, 0.25) is 0 Å². The Kier molecular flexibility index (Phi) is 5.60. The van der Waals surface area contributed by atoms with Gasteiger partial charge in [0.25, 0.3) is 0 Å². The molecule has 0 bridgehead atoms. The average Bonchev–Trinajstić information content (AvgIpc) is 2.26. The van der Waals surface area contributed by atoms with Crippen LogP contribution in [0.4, 0.5) is 0 Å². The number of rotatable bonds is 3. The van der Waals surface area contributed by atoms with Gasteiger partial charge >= 0.3 is 0 Å². The minimum absolute atomic E-state index is 0. The first-order chi connectivity index (χ1) is 6.90. The molecule has 0 atom stereocenters. The van der Waals surface area contributed by atoms with Gasteiger partial charge in [0.15, 0.2) is 0 Å². The van der Waals surface area contributed by atoms with E-state index in [2.05, 4.69) is 6.07 Å². The van der Waals surface area contributed by atoms with Crippen LogP contribution in [0.1, 0.15) is 0 Å². The number of hydrogen-bond donors (Lipinski definition) is 1. The Morgan fingerprint density at radius 2 is 1.73 bits per heavy atom. The largest absolute Gasteiger partial charge is 0.491 e. The summed E-state index contributed by atoms with van der Waals surface area (Å²) in [5, 5.41) is 11.0. The van der Waals surface area contributed by atoms with Crippen molar-refractivity contribution in [1.82, 2.24) is 0 Å². The summed E-state index contributed by atoms with van der Waals surface area (Å²) in [7, 11) is 0. The Hall–Kier alpha value is -0.0984. The molecule has 0 saturated heterocycles. The summed E-state index contributed by atoms with van der Waals surface area (Å²) in [4.78, 5) is 0. The van der Waals surface area contributed by atoms with Crippen molar-refractivity contribution >= 4 is 10.8 Å². The van der Waals surface area contributed by atoms with Gasteiger partial charge in [0.05, 0.1) is 6.61 Å². The van der Waals surface area contributed by atoms with Crippen LogP contribution in [0, 0.1) is 44.1 Å². The maximum absolute atomic E-state index is 8.62. The number of aliphatic hydroxyl groups is 1. The molecule has 75 valence electrons. The third kappa shape index (κ3) is 3.45. The van der Waals surface area contributed by atoms with E-state index in [1.165, 1.54) is 5.39 Å². The first kappa shape index (κ1) is 13.0. The van der Waals surface area contributed by atoms with Crippen LogP contribution >= 0.6 is 0 Å². The SMILES string of the molecule is OCCOc1ccc2ccccc2c1.[Ac]. The minimum atomic E-state index is 0. The second-order valence-corrected chi connectivity index (χ2v) is 3.08. The van der Waals surface area contributed by atoms with Gasteiger partial charge in [-0.25, -0.2) is 0 Å².